The fourth-order valence-corrected chi connectivity index (χ4v) is 2.46. The first-order chi connectivity index (χ1) is 8.93. The molecule has 0 radical (unpaired) electrons. The van der Waals surface area contributed by atoms with Gasteiger partial charge in [-0.05, 0) is 25.0 Å². The average molecular weight is 246 g/mol. The predicted octanol–water partition coefficient (Wildman–Crippen LogP) is 3.20. The van der Waals surface area contributed by atoms with Gasteiger partial charge in [0.25, 0.3) is 0 Å². The Morgan fingerprint density at radius 3 is 3.00 bits per heavy atom. The van der Waals surface area contributed by atoms with Gasteiger partial charge >= 0.3 is 0 Å². The Morgan fingerprint density at radius 2 is 2.11 bits per heavy atom. The second kappa shape index (κ2) is 5.40. The lowest BCUT2D eigenvalue weighted by Gasteiger charge is -2.10. The van der Waals surface area contributed by atoms with E-state index >= 15 is 0 Å². The molecule has 4 heteroatoms. The molecule has 3 rings (SSSR count). The van der Waals surface area contributed by atoms with Gasteiger partial charge < -0.3 is 14.6 Å². The lowest BCUT2D eigenvalue weighted by atomic mass is 10.2. The second-order valence-corrected chi connectivity index (χ2v) is 4.73. The highest BCUT2D eigenvalue weighted by atomic mass is 16.5. The molecule has 0 amide bonds. The van der Waals surface area contributed by atoms with Gasteiger partial charge in [0.1, 0.15) is 0 Å². The maximum absolute atomic E-state index is 5.79. The zero-order valence-corrected chi connectivity index (χ0v) is 10.4. The summed E-state index contributed by atoms with van der Waals surface area (Å²) < 4.78 is 11.0. The summed E-state index contributed by atoms with van der Waals surface area (Å²) in [5.74, 6) is 0.806. The minimum Gasteiger partial charge on any atom is -0.376 e. The van der Waals surface area contributed by atoms with Crippen molar-refractivity contribution in [2.24, 2.45) is 0 Å². The molecular weight excluding hydrogens is 228 g/mol. The van der Waals surface area contributed by atoms with Crippen molar-refractivity contribution in [1.82, 2.24) is 5.16 Å². The molecule has 1 saturated carbocycles. The minimum absolute atomic E-state index is 0.473. The number of nitrogens with zero attached hydrogens (tertiary/aromatic N) is 1. The normalized spacial score (nSPS) is 16.4. The summed E-state index contributed by atoms with van der Waals surface area (Å²) in [4.78, 5) is 0. The monoisotopic (exact) mass is 246 g/mol. The average Bonchev–Trinajstić information content (AvgIpc) is 3.04. The smallest absolute Gasteiger partial charge is 0.177 e. The van der Waals surface area contributed by atoms with Gasteiger partial charge in [0.05, 0.1) is 18.1 Å². The van der Waals surface area contributed by atoms with Crippen molar-refractivity contribution >= 4 is 16.8 Å². The first-order valence-electron chi connectivity index (χ1n) is 6.63. The van der Waals surface area contributed by atoms with Gasteiger partial charge in [-0.3, -0.25) is 0 Å². The number of rotatable bonds is 5. The van der Waals surface area contributed by atoms with E-state index in [9.17, 15) is 0 Å². The summed E-state index contributed by atoms with van der Waals surface area (Å²) in [6.45, 7) is 1.50. The molecule has 0 bridgehead atoms. The van der Waals surface area contributed by atoms with Gasteiger partial charge in [0, 0.05) is 6.54 Å². The lowest BCUT2D eigenvalue weighted by molar-refractivity contribution is 0.0658. The Labute approximate surface area is 106 Å². The van der Waals surface area contributed by atoms with Gasteiger partial charge in [-0.1, -0.05) is 30.1 Å². The molecule has 0 saturated heterocycles. The van der Waals surface area contributed by atoms with E-state index in [0.29, 0.717) is 6.10 Å². The topological polar surface area (TPSA) is 47.3 Å². The van der Waals surface area contributed by atoms with Crippen molar-refractivity contribution in [3.63, 3.8) is 0 Å². The van der Waals surface area contributed by atoms with Gasteiger partial charge in [0.2, 0.25) is 0 Å². The molecule has 18 heavy (non-hydrogen) atoms. The summed E-state index contributed by atoms with van der Waals surface area (Å²) in [7, 11) is 0. The maximum atomic E-state index is 5.79. The van der Waals surface area contributed by atoms with E-state index in [-0.39, 0.29) is 0 Å². The molecular formula is C14H18N2O2. The third-order valence-corrected chi connectivity index (χ3v) is 3.43. The molecule has 4 nitrogen and oxygen atoms in total. The fraction of sp³-hybridized carbons (Fsp3) is 0.500. The van der Waals surface area contributed by atoms with Crippen LogP contribution in [-0.4, -0.2) is 24.4 Å². The number of ether oxygens (including phenoxy) is 1. The van der Waals surface area contributed by atoms with Crippen molar-refractivity contribution in [3.8, 4) is 0 Å². The zero-order valence-electron chi connectivity index (χ0n) is 10.4. The Morgan fingerprint density at radius 1 is 1.28 bits per heavy atom. The van der Waals surface area contributed by atoms with Crippen LogP contribution in [0, 0.1) is 0 Å². The number of hydrogen-bond acceptors (Lipinski definition) is 4. The van der Waals surface area contributed by atoms with Crippen molar-refractivity contribution < 1.29 is 9.26 Å². The highest BCUT2D eigenvalue weighted by Gasteiger charge is 2.14. The molecule has 96 valence electrons. The van der Waals surface area contributed by atoms with E-state index in [1.807, 2.05) is 24.3 Å². The van der Waals surface area contributed by atoms with Gasteiger partial charge in [-0.15, -0.1) is 0 Å². The van der Waals surface area contributed by atoms with E-state index in [1.54, 1.807) is 0 Å². The largest absolute Gasteiger partial charge is 0.376 e. The summed E-state index contributed by atoms with van der Waals surface area (Å²) in [5, 5.41) is 8.31. The highest BCUT2D eigenvalue weighted by Crippen LogP contribution is 2.22. The first-order valence-corrected chi connectivity index (χ1v) is 6.63. The standard InChI is InChI=1S/C14H18N2O2/c1-2-6-11(5-1)17-10-9-15-14-12-7-3-4-8-13(12)18-16-14/h3-4,7-8,11H,1-2,5-6,9-10H2,(H,15,16). The molecule has 1 aromatic carbocycles. The molecule has 0 aliphatic heterocycles. The molecule has 1 aliphatic rings. The van der Waals surface area contributed by atoms with Gasteiger partial charge in [0.15, 0.2) is 11.4 Å². The summed E-state index contributed by atoms with van der Waals surface area (Å²) in [5.41, 5.74) is 0.816. The number of anilines is 1. The van der Waals surface area contributed by atoms with Crippen LogP contribution in [0.4, 0.5) is 5.82 Å². The Balaban J connectivity index is 1.50. The van der Waals surface area contributed by atoms with Crippen LogP contribution in [0.5, 0.6) is 0 Å². The summed E-state index contributed by atoms with van der Waals surface area (Å²) in [6.07, 6.45) is 5.53. The van der Waals surface area contributed by atoms with Crippen molar-refractivity contribution in [3.05, 3.63) is 24.3 Å². The zero-order chi connectivity index (χ0) is 12.2. The number of aromatic nitrogens is 1. The number of benzene rings is 1. The third-order valence-electron chi connectivity index (χ3n) is 3.43. The SMILES string of the molecule is c1ccc2c(NCCOC3CCCC3)noc2c1. The predicted molar refractivity (Wildman–Crippen MR) is 70.7 cm³/mol. The molecule has 1 N–H and O–H groups in total. The van der Waals surface area contributed by atoms with E-state index in [0.717, 1.165) is 29.9 Å². The lowest BCUT2D eigenvalue weighted by Crippen LogP contribution is -2.15. The van der Waals surface area contributed by atoms with Crippen LogP contribution in [0.2, 0.25) is 0 Å². The molecule has 0 unspecified atom stereocenters. The van der Waals surface area contributed by atoms with Gasteiger partial charge in [-0.2, -0.15) is 0 Å². The molecule has 0 spiro atoms. The Kier molecular flexibility index (Phi) is 3.46. The van der Waals surface area contributed by atoms with Crippen LogP contribution in [0.1, 0.15) is 25.7 Å². The molecule has 0 atom stereocenters. The quantitative estimate of drug-likeness (QED) is 0.823. The van der Waals surface area contributed by atoms with Crippen LogP contribution in [0.3, 0.4) is 0 Å². The summed E-state index contributed by atoms with van der Waals surface area (Å²) >= 11 is 0. The third kappa shape index (κ3) is 2.48. The first kappa shape index (κ1) is 11.5. The summed E-state index contributed by atoms with van der Waals surface area (Å²) in [6, 6.07) is 7.86. The van der Waals surface area contributed by atoms with E-state index in [2.05, 4.69) is 10.5 Å². The molecule has 1 fully saturated rings. The number of nitrogens with one attached hydrogen (secondary N) is 1. The number of hydrogen-bond donors (Lipinski definition) is 1. The molecule has 1 aromatic heterocycles. The van der Waals surface area contributed by atoms with E-state index < -0.39 is 0 Å². The van der Waals surface area contributed by atoms with Gasteiger partial charge in [-0.25, -0.2) is 0 Å². The molecule has 1 heterocycles. The van der Waals surface area contributed by atoms with Crippen LogP contribution in [-0.2, 0) is 4.74 Å². The van der Waals surface area contributed by atoms with Crippen LogP contribution in [0.15, 0.2) is 28.8 Å². The Hall–Kier alpha value is -1.55. The minimum atomic E-state index is 0.473. The maximum Gasteiger partial charge on any atom is 0.177 e. The van der Waals surface area contributed by atoms with E-state index in [4.69, 9.17) is 9.26 Å². The highest BCUT2D eigenvalue weighted by molar-refractivity contribution is 5.87. The fourth-order valence-electron chi connectivity index (χ4n) is 2.46. The van der Waals surface area contributed by atoms with Crippen LogP contribution < -0.4 is 5.32 Å². The Bertz CT molecular complexity index is 503. The van der Waals surface area contributed by atoms with Crippen LogP contribution in [0.25, 0.3) is 11.0 Å². The van der Waals surface area contributed by atoms with Crippen LogP contribution >= 0.6 is 0 Å². The number of fused-ring (bicyclic) bond motifs is 1. The van der Waals surface area contributed by atoms with Crippen molar-refractivity contribution in [2.75, 3.05) is 18.5 Å². The van der Waals surface area contributed by atoms with Crippen molar-refractivity contribution in [2.45, 2.75) is 31.8 Å². The second-order valence-electron chi connectivity index (χ2n) is 4.73. The van der Waals surface area contributed by atoms with Crippen molar-refractivity contribution in [1.29, 1.82) is 0 Å². The molecule has 1 aliphatic carbocycles. The molecule has 2 aromatic rings. The van der Waals surface area contributed by atoms with E-state index in [1.165, 1.54) is 25.7 Å². The number of para-hydroxylation sites is 1.